The van der Waals surface area contributed by atoms with Crippen LogP contribution in [-0.2, 0) is 4.79 Å². The molecule has 6 nitrogen and oxygen atoms in total. The highest BCUT2D eigenvalue weighted by Crippen LogP contribution is 2.20. The summed E-state index contributed by atoms with van der Waals surface area (Å²) >= 11 is 3.40. The van der Waals surface area contributed by atoms with E-state index in [0.717, 1.165) is 43.4 Å². The standard InChI is InChI=1S/C14H22BrN5O/c1-2-6-16-14-18-9-11(15)13(19-14)17-10-12(21)20-7-4-3-5-8-20/h9H,2-8,10H2,1H3,(H2,16,17,18,19). The molecule has 1 aromatic rings. The van der Waals surface area contributed by atoms with E-state index in [2.05, 4.69) is 43.5 Å². The van der Waals surface area contributed by atoms with E-state index in [4.69, 9.17) is 0 Å². The molecule has 116 valence electrons. The maximum atomic E-state index is 12.1. The monoisotopic (exact) mass is 355 g/mol. The highest BCUT2D eigenvalue weighted by atomic mass is 79.9. The Kier molecular flexibility index (Phi) is 6.22. The number of nitrogens with one attached hydrogen (secondary N) is 2. The number of carbonyl (C=O) groups is 1. The quantitative estimate of drug-likeness (QED) is 0.820. The predicted octanol–water partition coefficient (Wildman–Crippen LogP) is 2.49. The van der Waals surface area contributed by atoms with E-state index in [-0.39, 0.29) is 12.5 Å². The summed E-state index contributed by atoms with van der Waals surface area (Å²) in [7, 11) is 0. The van der Waals surface area contributed by atoms with Crippen LogP contribution in [-0.4, -0.2) is 47.0 Å². The van der Waals surface area contributed by atoms with Crippen molar-refractivity contribution in [3.63, 3.8) is 0 Å². The first-order chi connectivity index (χ1) is 10.2. The van der Waals surface area contributed by atoms with Gasteiger partial charge in [0, 0.05) is 25.8 Å². The lowest BCUT2D eigenvalue weighted by Gasteiger charge is -2.26. The van der Waals surface area contributed by atoms with Crippen molar-refractivity contribution in [3.8, 4) is 0 Å². The fraction of sp³-hybridized carbons (Fsp3) is 0.643. The van der Waals surface area contributed by atoms with Gasteiger partial charge in [-0.25, -0.2) is 4.98 Å². The summed E-state index contributed by atoms with van der Waals surface area (Å²) in [5.74, 6) is 1.35. The molecule has 2 heterocycles. The van der Waals surface area contributed by atoms with Crippen LogP contribution in [0.25, 0.3) is 0 Å². The molecule has 0 aliphatic carbocycles. The number of halogens is 1. The molecule has 0 spiro atoms. The Morgan fingerprint density at radius 1 is 1.33 bits per heavy atom. The lowest BCUT2D eigenvalue weighted by molar-refractivity contribution is -0.130. The van der Waals surface area contributed by atoms with Crippen molar-refractivity contribution in [1.29, 1.82) is 0 Å². The SMILES string of the molecule is CCCNc1ncc(Br)c(NCC(=O)N2CCCCC2)n1. The minimum absolute atomic E-state index is 0.128. The van der Waals surface area contributed by atoms with Crippen molar-refractivity contribution in [2.75, 3.05) is 36.8 Å². The first-order valence-corrected chi connectivity index (χ1v) is 8.28. The lowest BCUT2D eigenvalue weighted by Crippen LogP contribution is -2.39. The Balaban J connectivity index is 1.90. The summed E-state index contributed by atoms with van der Waals surface area (Å²) < 4.78 is 0.760. The summed E-state index contributed by atoms with van der Waals surface area (Å²) in [6.07, 6.45) is 6.14. The lowest BCUT2D eigenvalue weighted by atomic mass is 10.1. The van der Waals surface area contributed by atoms with E-state index < -0.39 is 0 Å². The average molecular weight is 356 g/mol. The van der Waals surface area contributed by atoms with Gasteiger partial charge in [-0.15, -0.1) is 0 Å². The Morgan fingerprint density at radius 2 is 2.10 bits per heavy atom. The fourth-order valence-electron chi connectivity index (χ4n) is 2.23. The number of piperidine rings is 1. The molecule has 7 heteroatoms. The molecule has 0 saturated carbocycles. The molecule has 0 bridgehead atoms. The number of amides is 1. The summed E-state index contributed by atoms with van der Waals surface area (Å²) in [5.41, 5.74) is 0. The summed E-state index contributed by atoms with van der Waals surface area (Å²) in [6, 6.07) is 0. The summed E-state index contributed by atoms with van der Waals surface area (Å²) in [6.45, 7) is 4.92. The van der Waals surface area contributed by atoms with Gasteiger partial charge >= 0.3 is 0 Å². The summed E-state index contributed by atoms with van der Waals surface area (Å²) in [4.78, 5) is 22.6. The van der Waals surface area contributed by atoms with Gasteiger partial charge in [-0.1, -0.05) is 6.92 Å². The van der Waals surface area contributed by atoms with Gasteiger partial charge in [0.1, 0.15) is 5.82 Å². The van der Waals surface area contributed by atoms with E-state index in [1.165, 1.54) is 6.42 Å². The molecule has 21 heavy (non-hydrogen) atoms. The van der Waals surface area contributed by atoms with Gasteiger partial charge in [0.15, 0.2) is 0 Å². The van der Waals surface area contributed by atoms with Gasteiger partial charge < -0.3 is 15.5 Å². The van der Waals surface area contributed by atoms with Crippen LogP contribution in [0.2, 0.25) is 0 Å². The molecule has 2 N–H and O–H groups in total. The van der Waals surface area contributed by atoms with Crippen LogP contribution >= 0.6 is 15.9 Å². The molecule has 1 amide bonds. The second-order valence-corrected chi connectivity index (χ2v) is 5.97. The third-order valence-corrected chi connectivity index (χ3v) is 3.97. The van der Waals surface area contributed by atoms with Crippen molar-refractivity contribution in [2.24, 2.45) is 0 Å². The number of carbonyl (C=O) groups excluding carboxylic acids is 1. The Morgan fingerprint density at radius 3 is 2.81 bits per heavy atom. The molecule has 1 aliphatic rings. The normalized spacial score (nSPS) is 14.9. The largest absolute Gasteiger partial charge is 0.360 e. The van der Waals surface area contributed by atoms with Crippen LogP contribution in [0.5, 0.6) is 0 Å². The van der Waals surface area contributed by atoms with Crippen LogP contribution in [0.4, 0.5) is 11.8 Å². The molecular weight excluding hydrogens is 334 g/mol. The molecule has 0 radical (unpaired) electrons. The summed E-state index contributed by atoms with van der Waals surface area (Å²) in [5, 5.41) is 6.23. The van der Waals surface area contributed by atoms with Crippen molar-refractivity contribution in [3.05, 3.63) is 10.7 Å². The number of likely N-dealkylation sites (tertiary alicyclic amines) is 1. The predicted molar refractivity (Wildman–Crippen MR) is 87.4 cm³/mol. The second kappa shape index (κ2) is 8.17. The molecule has 0 atom stereocenters. The topological polar surface area (TPSA) is 70.2 Å². The maximum Gasteiger partial charge on any atom is 0.241 e. The number of nitrogens with zero attached hydrogens (tertiary/aromatic N) is 3. The van der Waals surface area contributed by atoms with Crippen LogP contribution in [0.1, 0.15) is 32.6 Å². The number of hydrogen-bond donors (Lipinski definition) is 2. The van der Waals surface area contributed by atoms with Gasteiger partial charge in [-0.2, -0.15) is 4.98 Å². The van der Waals surface area contributed by atoms with E-state index in [9.17, 15) is 4.79 Å². The van der Waals surface area contributed by atoms with Crippen LogP contribution in [0.3, 0.4) is 0 Å². The molecular formula is C14H22BrN5O. The zero-order valence-corrected chi connectivity index (χ0v) is 13.9. The van der Waals surface area contributed by atoms with Gasteiger partial charge in [-0.3, -0.25) is 4.79 Å². The molecule has 0 unspecified atom stereocenters. The molecule has 1 aromatic heterocycles. The van der Waals surface area contributed by atoms with Crippen LogP contribution in [0.15, 0.2) is 10.7 Å². The highest BCUT2D eigenvalue weighted by Gasteiger charge is 2.16. The second-order valence-electron chi connectivity index (χ2n) is 5.11. The average Bonchev–Trinajstić information content (AvgIpc) is 2.53. The van der Waals surface area contributed by atoms with Crippen molar-refractivity contribution < 1.29 is 4.79 Å². The van der Waals surface area contributed by atoms with Crippen molar-refractivity contribution in [1.82, 2.24) is 14.9 Å². The number of hydrogen-bond acceptors (Lipinski definition) is 5. The minimum atomic E-state index is 0.128. The van der Waals surface area contributed by atoms with E-state index >= 15 is 0 Å². The third-order valence-electron chi connectivity index (χ3n) is 3.39. The fourth-order valence-corrected chi connectivity index (χ4v) is 2.56. The molecule has 0 aromatic carbocycles. The Bertz CT molecular complexity index is 476. The van der Waals surface area contributed by atoms with Gasteiger partial charge in [-0.05, 0) is 41.6 Å². The van der Waals surface area contributed by atoms with Crippen LogP contribution < -0.4 is 10.6 Å². The minimum Gasteiger partial charge on any atom is -0.360 e. The zero-order valence-electron chi connectivity index (χ0n) is 12.4. The number of rotatable bonds is 6. The van der Waals surface area contributed by atoms with E-state index in [0.29, 0.717) is 11.8 Å². The zero-order chi connectivity index (χ0) is 15.1. The van der Waals surface area contributed by atoms with Crippen LogP contribution in [0, 0.1) is 0 Å². The van der Waals surface area contributed by atoms with Crippen molar-refractivity contribution in [2.45, 2.75) is 32.6 Å². The smallest absolute Gasteiger partial charge is 0.241 e. The molecule has 2 rings (SSSR count). The van der Waals surface area contributed by atoms with Gasteiger partial charge in [0.25, 0.3) is 0 Å². The number of aromatic nitrogens is 2. The third kappa shape index (κ3) is 4.84. The Labute approximate surface area is 133 Å². The molecule has 1 fully saturated rings. The van der Waals surface area contributed by atoms with Gasteiger partial charge in [0.05, 0.1) is 11.0 Å². The first-order valence-electron chi connectivity index (χ1n) is 7.48. The Hall–Kier alpha value is -1.37. The van der Waals surface area contributed by atoms with E-state index in [1.807, 2.05) is 4.90 Å². The van der Waals surface area contributed by atoms with Crippen molar-refractivity contribution >= 4 is 33.6 Å². The van der Waals surface area contributed by atoms with E-state index in [1.54, 1.807) is 6.20 Å². The highest BCUT2D eigenvalue weighted by molar-refractivity contribution is 9.10. The molecule has 1 saturated heterocycles. The number of anilines is 2. The first kappa shape index (κ1) is 16.0. The maximum absolute atomic E-state index is 12.1. The van der Waals surface area contributed by atoms with Gasteiger partial charge in [0.2, 0.25) is 11.9 Å². The molecule has 1 aliphatic heterocycles.